The average molecular weight is 213 g/mol. The monoisotopic (exact) mass is 213 g/mol. The summed E-state index contributed by atoms with van der Waals surface area (Å²) in [6.45, 7) is 2.69. The zero-order chi connectivity index (χ0) is 11.7. The van der Waals surface area contributed by atoms with Crippen molar-refractivity contribution in [2.24, 2.45) is 0 Å². The van der Waals surface area contributed by atoms with Gasteiger partial charge in [0.15, 0.2) is 0 Å². The molecule has 80 valence electrons. The Kier molecular flexibility index (Phi) is 2.69. The molecular formula is C9H8FNO4. The van der Waals surface area contributed by atoms with Gasteiger partial charge >= 0.3 is 5.97 Å². The number of carboxylic acid groups (broad SMARTS) is 1. The summed E-state index contributed by atoms with van der Waals surface area (Å²) in [5.41, 5.74) is -1.05. The standard InChI is InChI=1S/C9H8FNO4/c1-4-5(2)8(11(14)15)6(9(12)13)3-7(4)10/h3H,1-2H3,(H,12,13). The van der Waals surface area contributed by atoms with Gasteiger partial charge in [-0.05, 0) is 25.5 Å². The van der Waals surface area contributed by atoms with Crippen LogP contribution in [0.2, 0.25) is 0 Å². The Hall–Kier alpha value is -1.98. The van der Waals surface area contributed by atoms with E-state index in [1.807, 2.05) is 0 Å². The second-order valence-corrected chi connectivity index (χ2v) is 3.07. The van der Waals surface area contributed by atoms with Gasteiger partial charge in [0.05, 0.1) is 4.92 Å². The lowest BCUT2D eigenvalue weighted by Gasteiger charge is -2.05. The number of rotatable bonds is 2. The van der Waals surface area contributed by atoms with E-state index in [-0.39, 0.29) is 11.1 Å². The van der Waals surface area contributed by atoms with Crippen LogP contribution in [0.5, 0.6) is 0 Å². The number of benzene rings is 1. The summed E-state index contributed by atoms with van der Waals surface area (Å²) in [6.07, 6.45) is 0. The van der Waals surface area contributed by atoms with Gasteiger partial charge in [0.1, 0.15) is 11.4 Å². The van der Waals surface area contributed by atoms with Crippen molar-refractivity contribution < 1.29 is 19.2 Å². The maximum absolute atomic E-state index is 13.2. The van der Waals surface area contributed by atoms with Gasteiger partial charge in [-0.25, -0.2) is 9.18 Å². The largest absolute Gasteiger partial charge is 0.477 e. The third-order valence-corrected chi connectivity index (χ3v) is 2.22. The lowest BCUT2D eigenvalue weighted by molar-refractivity contribution is -0.385. The summed E-state index contributed by atoms with van der Waals surface area (Å²) in [7, 11) is 0. The Labute approximate surface area is 84.3 Å². The zero-order valence-corrected chi connectivity index (χ0v) is 8.07. The molecule has 0 aliphatic heterocycles. The highest BCUT2D eigenvalue weighted by atomic mass is 19.1. The summed E-state index contributed by atoms with van der Waals surface area (Å²) in [6, 6.07) is 0.669. The number of aromatic carboxylic acids is 1. The van der Waals surface area contributed by atoms with Crippen molar-refractivity contribution in [3.05, 3.63) is 38.7 Å². The van der Waals surface area contributed by atoms with Crippen LogP contribution in [-0.2, 0) is 0 Å². The molecule has 0 atom stereocenters. The Morgan fingerprint density at radius 1 is 1.47 bits per heavy atom. The number of halogens is 1. The van der Waals surface area contributed by atoms with Crippen LogP contribution in [0.15, 0.2) is 6.07 Å². The van der Waals surface area contributed by atoms with Gasteiger partial charge < -0.3 is 5.11 Å². The fraction of sp³-hybridized carbons (Fsp3) is 0.222. The Balaban J connectivity index is 3.65. The van der Waals surface area contributed by atoms with Gasteiger partial charge in [0, 0.05) is 5.56 Å². The summed E-state index contributed by atoms with van der Waals surface area (Å²) < 4.78 is 13.2. The van der Waals surface area contributed by atoms with E-state index in [0.717, 1.165) is 0 Å². The van der Waals surface area contributed by atoms with E-state index in [1.54, 1.807) is 0 Å². The van der Waals surface area contributed by atoms with Crippen LogP contribution >= 0.6 is 0 Å². The smallest absolute Gasteiger partial charge is 0.342 e. The Bertz CT molecular complexity index is 456. The molecule has 0 aromatic heterocycles. The minimum absolute atomic E-state index is 0.0393. The topological polar surface area (TPSA) is 80.4 Å². The first-order valence-corrected chi connectivity index (χ1v) is 4.03. The fourth-order valence-corrected chi connectivity index (χ4v) is 1.26. The quantitative estimate of drug-likeness (QED) is 0.602. The first-order valence-electron chi connectivity index (χ1n) is 4.03. The van der Waals surface area contributed by atoms with Crippen LogP contribution < -0.4 is 0 Å². The van der Waals surface area contributed by atoms with Crippen molar-refractivity contribution in [3.63, 3.8) is 0 Å². The lowest BCUT2D eigenvalue weighted by Crippen LogP contribution is -2.07. The number of hydrogen-bond acceptors (Lipinski definition) is 3. The predicted octanol–water partition coefficient (Wildman–Crippen LogP) is 2.05. The number of nitrogens with zero attached hydrogens (tertiary/aromatic N) is 1. The highest BCUT2D eigenvalue weighted by Gasteiger charge is 2.25. The number of carboxylic acids is 1. The molecule has 0 unspecified atom stereocenters. The molecule has 0 heterocycles. The molecule has 15 heavy (non-hydrogen) atoms. The van der Waals surface area contributed by atoms with Crippen molar-refractivity contribution in [2.75, 3.05) is 0 Å². The molecule has 0 radical (unpaired) electrons. The summed E-state index contributed by atoms with van der Waals surface area (Å²) in [4.78, 5) is 20.5. The van der Waals surface area contributed by atoms with Gasteiger partial charge in [-0.1, -0.05) is 0 Å². The number of nitro benzene ring substituents is 1. The second kappa shape index (κ2) is 3.64. The van der Waals surface area contributed by atoms with E-state index < -0.39 is 28.0 Å². The fourth-order valence-electron chi connectivity index (χ4n) is 1.26. The molecule has 0 amide bonds. The molecule has 0 aliphatic rings. The van der Waals surface area contributed by atoms with Gasteiger partial charge in [0.25, 0.3) is 5.69 Å². The highest BCUT2D eigenvalue weighted by Crippen LogP contribution is 2.28. The molecule has 0 bridgehead atoms. The van der Waals surface area contributed by atoms with E-state index in [1.165, 1.54) is 13.8 Å². The molecule has 0 fully saturated rings. The maximum Gasteiger partial charge on any atom is 0.342 e. The molecule has 1 rings (SSSR count). The summed E-state index contributed by atoms with van der Waals surface area (Å²) in [5, 5.41) is 19.3. The Morgan fingerprint density at radius 3 is 2.40 bits per heavy atom. The van der Waals surface area contributed by atoms with E-state index >= 15 is 0 Å². The number of nitro groups is 1. The molecule has 1 aromatic carbocycles. The van der Waals surface area contributed by atoms with Crippen LogP contribution in [0, 0.1) is 29.8 Å². The van der Waals surface area contributed by atoms with E-state index in [0.29, 0.717) is 6.07 Å². The summed E-state index contributed by atoms with van der Waals surface area (Å²) >= 11 is 0. The third-order valence-electron chi connectivity index (χ3n) is 2.22. The molecule has 0 saturated heterocycles. The average Bonchev–Trinajstić information content (AvgIpc) is 2.12. The third kappa shape index (κ3) is 1.78. The van der Waals surface area contributed by atoms with E-state index in [2.05, 4.69) is 0 Å². The van der Waals surface area contributed by atoms with Gasteiger partial charge in [-0.15, -0.1) is 0 Å². The van der Waals surface area contributed by atoms with Crippen LogP contribution in [0.1, 0.15) is 21.5 Å². The Morgan fingerprint density at radius 2 is 2.00 bits per heavy atom. The lowest BCUT2D eigenvalue weighted by atomic mass is 10.0. The van der Waals surface area contributed by atoms with Crippen molar-refractivity contribution in [1.82, 2.24) is 0 Å². The zero-order valence-electron chi connectivity index (χ0n) is 8.07. The molecule has 0 spiro atoms. The summed E-state index contributed by atoms with van der Waals surface area (Å²) in [5.74, 6) is -2.26. The molecule has 0 saturated carbocycles. The van der Waals surface area contributed by atoms with Crippen LogP contribution in [0.3, 0.4) is 0 Å². The van der Waals surface area contributed by atoms with Crippen LogP contribution in [0.25, 0.3) is 0 Å². The van der Waals surface area contributed by atoms with Crippen LogP contribution in [-0.4, -0.2) is 16.0 Å². The van der Waals surface area contributed by atoms with Gasteiger partial charge in [-0.3, -0.25) is 10.1 Å². The first kappa shape index (κ1) is 11.1. The van der Waals surface area contributed by atoms with Crippen molar-refractivity contribution in [3.8, 4) is 0 Å². The SMILES string of the molecule is Cc1c(F)cc(C(=O)O)c([N+](=O)[O-])c1C. The molecule has 5 nitrogen and oxygen atoms in total. The normalized spacial score (nSPS) is 10.1. The minimum Gasteiger partial charge on any atom is -0.477 e. The predicted molar refractivity (Wildman–Crippen MR) is 49.5 cm³/mol. The number of carbonyl (C=O) groups is 1. The van der Waals surface area contributed by atoms with Crippen molar-refractivity contribution in [1.29, 1.82) is 0 Å². The number of hydrogen-bond donors (Lipinski definition) is 1. The van der Waals surface area contributed by atoms with Gasteiger partial charge in [-0.2, -0.15) is 0 Å². The highest BCUT2D eigenvalue weighted by molar-refractivity contribution is 5.93. The van der Waals surface area contributed by atoms with Crippen LogP contribution in [0.4, 0.5) is 10.1 Å². The molecular weight excluding hydrogens is 205 g/mol. The minimum atomic E-state index is -1.51. The van der Waals surface area contributed by atoms with Gasteiger partial charge in [0.2, 0.25) is 0 Å². The molecule has 0 aliphatic carbocycles. The van der Waals surface area contributed by atoms with Crippen molar-refractivity contribution >= 4 is 11.7 Å². The second-order valence-electron chi connectivity index (χ2n) is 3.07. The first-order chi connectivity index (χ1) is 6.86. The molecule has 1 N–H and O–H groups in total. The van der Waals surface area contributed by atoms with E-state index in [9.17, 15) is 19.3 Å². The maximum atomic E-state index is 13.2. The van der Waals surface area contributed by atoms with Crippen molar-refractivity contribution in [2.45, 2.75) is 13.8 Å². The molecule has 6 heteroatoms. The van der Waals surface area contributed by atoms with E-state index in [4.69, 9.17) is 5.11 Å². The molecule has 1 aromatic rings.